The first-order valence-corrected chi connectivity index (χ1v) is 9.61. The Morgan fingerprint density at radius 2 is 2.11 bits per heavy atom. The van der Waals surface area contributed by atoms with Crippen LogP contribution in [0, 0.1) is 0 Å². The lowest BCUT2D eigenvalue weighted by Crippen LogP contribution is -2.24. The molecule has 3 aromatic heterocycles. The van der Waals surface area contributed by atoms with Gasteiger partial charge in [-0.25, -0.2) is 9.97 Å². The van der Waals surface area contributed by atoms with E-state index in [1.54, 1.807) is 19.4 Å². The molecule has 2 N–H and O–H groups in total. The molecular formula is C20H18N4O3S. The average molecular weight is 394 g/mol. The fraction of sp³-hybridized carbons (Fsp3) is 0.150. The normalized spacial score (nSPS) is 10.9. The highest BCUT2D eigenvalue weighted by Gasteiger charge is 2.13. The first-order valence-electron chi connectivity index (χ1n) is 8.63. The SMILES string of the molecule is COc1ccc(-c2c[nH]c3c(SCC(=O)NCc4ccco4)ncnc23)cc1. The van der Waals surface area contributed by atoms with Crippen molar-refractivity contribution in [3.63, 3.8) is 0 Å². The topological polar surface area (TPSA) is 93.0 Å². The maximum atomic E-state index is 12.1. The van der Waals surface area contributed by atoms with Crippen molar-refractivity contribution in [1.29, 1.82) is 0 Å². The molecule has 0 unspecified atom stereocenters. The number of nitrogens with one attached hydrogen (secondary N) is 2. The van der Waals surface area contributed by atoms with Crippen molar-refractivity contribution >= 4 is 28.7 Å². The number of furan rings is 1. The number of thioether (sulfide) groups is 1. The average Bonchev–Trinajstić information content (AvgIpc) is 3.41. The van der Waals surface area contributed by atoms with Gasteiger partial charge in [0.15, 0.2) is 0 Å². The number of ether oxygens (including phenoxy) is 1. The molecule has 8 heteroatoms. The Morgan fingerprint density at radius 3 is 2.86 bits per heavy atom. The number of methoxy groups -OCH3 is 1. The van der Waals surface area contributed by atoms with Gasteiger partial charge in [-0.2, -0.15) is 0 Å². The predicted molar refractivity (Wildman–Crippen MR) is 107 cm³/mol. The van der Waals surface area contributed by atoms with Crippen LogP contribution in [-0.2, 0) is 11.3 Å². The molecule has 0 aliphatic rings. The van der Waals surface area contributed by atoms with Crippen molar-refractivity contribution in [3.8, 4) is 16.9 Å². The smallest absolute Gasteiger partial charge is 0.230 e. The van der Waals surface area contributed by atoms with Gasteiger partial charge in [0.25, 0.3) is 0 Å². The van der Waals surface area contributed by atoms with Crippen molar-refractivity contribution in [3.05, 3.63) is 60.9 Å². The summed E-state index contributed by atoms with van der Waals surface area (Å²) in [7, 11) is 1.64. The summed E-state index contributed by atoms with van der Waals surface area (Å²) in [6, 6.07) is 11.4. The number of carbonyl (C=O) groups excluding carboxylic acids is 1. The van der Waals surface area contributed by atoms with Gasteiger partial charge in [-0.05, 0) is 29.8 Å². The Kier molecular flexibility index (Phi) is 5.29. The predicted octanol–water partition coefficient (Wildman–Crippen LogP) is 3.64. The molecule has 0 atom stereocenters. The van der Waals surface area contributed by atoms with Crippen molar-refractivity contribution in [2.45, 2.75) is 11.6 Å². The number of H-pyrrole nitrogens is 1. The zero-order valence-electron chi connectivity index (χ0n) is 15.1. The number of aromatic amines is 1. The molecular weight excluding hydrogens is 376 g/mol. The van der Waals surface area contributed by atoms with Gasteiger partial charge in [-0.1, -0.05) is 23.9 Å². The van der Waals surface area contributed by atoms with Gasteiger partial charge in [-0.3, -0.25) is 4.79 Å². The molecule has 0 aliphatic heterocycles. The Balaban J connectivity index is 1.47. The van der Waals surface area contributed by atoms with E-state index in [9.17, 15) is 4.79 Å². The lowest BCUT2D eigenvalue weighted by atomic mass is 10.1. The number of benzene rings is 1. The second-order valence-electron chi connectivity index (χ2n) is 5.98. The van der Waals surface area contributed by atoms with Crippen molar-refractivity contribution in [2.75, 3.05) is 12.9 Å². The molecule has 0 radical (unpaired) electrons. The Morgan fingerprint density at radius 1 is 1.25 bits per heavy atom. The largest absolute Gasteiger partial charge is 0.497 e. The van der Waals surface area contributed by atoms with Gasteiger partial charge in [0.2, 0.25) is 5.91 Å². The van der Waals surface area contributed by atoms with Gasteiger partial charge < -0.3 is 19.5 Å². The molecule has 1 aromatic carbocycles. The van der Waals surface area contributed by atoms with E-state index in [-0.39, 0.29) is 11.7 Å². The molecule has 142 valence electrons. The number of fused-ring (bicyclic) bond motifs is 1. The summed E-state index contributed by atoms with van der Waals surface area (Å²) in [4.78, 5) is 24.1. The van der Waals surface area contributed by atoms with E-state index in [0.29, 0.717) is 6.54 Å². The van der Waals surface area contributed by atoms with E-state index in [1.165, 1.54) is 18.1 Å². The fourth-order valence-electron chi connectivity index (χ4n) is 2.80. The van der Waals surface area contributed by atoms with E-state index in [4.69, 9.17) is 9.15 Å². The van der Waals surface area contributed by atoms with Crippen molar-refractivity contribution < 1.29 is 13.9 Å². The third-order valence-corrected chi connectivity index (χ3v) is 5.20. The van der Waals surface area contributed by atoms with Crippen LogP contribution in [0.3, 0.4) is 0 Å². The lowest BCUT2D eigenvalue weighted by molar-refractivity contribution is -0.118. The number of amides is 1. The lowest BCUT2D eigenvalue weighted by Gasteiger charge is -2.05. The number of carbonyl (C=O) groups is 1. The molecule has 0 spiro atoms. The quantitative estimate of drug-likeness (QED) is 0.367. The second kappa shape index (κ2) is 8.18. The summed E-state index contributed by atoms with van der Waals surface area (Å²) in [5.41, 5.74) is 3.64. The van der Waals surface area contributed by atoms with E-state index in [1.807, 2.05) is 36.5 Å². The summed E-state index contributed by atoms with van der Waals surface area (Å²) in [6.45, 7) is 0.371. The molecule has 1 amide bonds. The van der Waals surface area contributed by atoms with Crippen LogP contribution in [0.15, 0.2) is 64.6 Å². The van der Waals surface area contributed by atoms with Gasteiger partial charge >= 0.3 is 0 Å². The van der Waals surface area contributed by atoms with Crippen LogP contribution in [0.5, 0.6) is 5.75 Å². The van der Waals surface area contributed by atoms with Gasteiger partial charge in [0.05, 0.1) is 31.2 Å². The van der Waals surface area contributed by atoms with E-state index in [2.05, 4.69) is 20.3 Å². The minimum Gasteiger partial charge on any atom is -0.497 e. The van der Waals surface area contributed by atoms with Crippen LogP contribution >= 0.6 is 11.8 Å². The first-order chi connectivity index (χ1) is 13.7. The number of aromatic nitrogens is 3. The molecule has 7 nitrogen and oxygen atoms in total. The standard InChI is InChI=1S/C20H18N4O3S/c1-26-14-6-4-13(5-7-14)16-10-22-19-18(16)23-12-24-20(19)28-11-17(25)21-9-15-3-2-8-27-15/h2-8,10,12,22H,9,11H2,1H3,(H,21,25). The molecule has 0 fully saturated rings. The summed E-state index contributed by atoms with van der Waals surface area (Å²) in [6.07, 6.45) is 5.01. The molecule has 0 saturated carbocycles. The van der Waals surface area contributed by atoms with Crippen LogP contribution in [0.25, 0.3) is 22.2 Å². The number of nitrogens with zero attached hydrogens (tertiary/aromatic N) is 2. The van der Waals surface area contributed by atoms with Gasteiger partial charge in [-0.15, -0.1) is 0 Å². The number of hydrogen-bond acceptors (Lipinski definition) is 6. The number of rotatable bonds is 7. The van der Waals surface area contributed by atoms with Crippen LogP contribution in [-0.4, -0.2) is 33.7 Å². The highest BCUT2D eigenvalue weighted by Crippen LogP contribution is 2.32. The minimum absolute atomic E-state index is 0.0879. The van der Waals surface area contributed by atoms with Gasteiger partial charge in [0, 0.05) is 11.8 Å². The van der Waals surface area contributed by atoms with E-state index >= 15 is 0 Å². The van der Waals surface area contributed by atoms with Crippen LogP contribution < -0.4 is 10.1 Å². The van der Waals surface area contributed by atoms with Gasteiger partial charge in [0.1, 0.15) is 28.4 Å². The summed E-state index contributed by atoms with van der Waals surface area (Å²) >= 11 is 1.36. The third-order valence-electron chi connectivity index (χ3n) is 4.21. The fourth-order valence-corrected chi connectivity index (χ4v) is 3.59. The zero-order chi connectivity index (χ0) is 19.3. The van der Waals surface area contributed by atoms with Crippen molar-refractivity contribution in [2.24, 2.45) is 0 Å². The Labute approximate surface area is 165 Å². The molecule has 4 rings (SSSR count). The van der Waals surface area contributed by atoms with Crippen molar-refractivity contribution in [1.82, 2.24) is 20.3 Å². The first kappa shape index (κ1) is 18.1. The highest BCUT2D eigenvalue weighted by molar-refractivity contribution is 8.00. The second-order valence-corrected chi connectivity index (χ2v) is 6.94. The van der Waals surface area contributed by atoms with E-state index < -0.39 is 0 Å². The summed E-state index contributed by atoms with van der Waals surface area (Å²) < 4.78 is 10.4. The molecule has 0 bridgehead atoms. The zero-order valence-corrected chi connectivity index (χ0v) is 16.0. The highest BCUT2D eigenvalue weighted by atomic mass is 32.2. The summed E-state index contributed by atoms with van der Waals surface area (Å²) in [5.74, 6) is 1.69. The minimum atomic E-state index is -0.0879. The molecule has 0 saturated heterocycles. The maximum Gasteiger partial charge on any atom is 0.230 e. The number of hydrogen-bond donors (Lipinski definition) is 2. The molecule has 0 aliphatic carbocycles. The van der Waals surface area contributed by atoms with Crippen LogP contribution in [0.4, 0.5) is 0 Å². The Bertz CT molecular complexity index is 1070. The maximum absolute atomic E-state index is 12.1. The molecule has 28 heavy (non-hydrogen) atoms. The molecule has 4 aromatic rings. The monoisotopic (exact) mass is 394 g/mol. The Hall–Kier alpha value is -3.26. The van der Waals surface area contributed by atoms with E-state index in [0.717, 1.165) is 38.7 Å². The molecule has 3 heterocycles. The van der Waals surface area contributed by atoms with Crippen LogP contribution in [0.1, 0.15) is 5.76 Å². The summed E-state index contributed by atoms with van der Waals surface area (Å²) in [5, 5.41) is 3.56. The van der Waals surface area contributed by atoms with Crippen LogP contribution in [0.2, 0.25) is 0 Å². The third kappa shape index (κ3) is 3.86.